The average molecular weight is 266 g/mol. The number of hydrogen-bond donors (Lipinski definition) is 2. The van der Waals surface area contributed by atoms with E-state index >= 15 is 0 Å². The summed E-state index contributed by atoms with van der Waals surface area (Å²) in [5.41, 5.74) is 0.939. The Morgan fingerprint density at radius 1 is 1.32 bits per heavy atom. The average Bonchev–Trinajstić information content (AvgIpc) is 2.34. The first-order chi connectivity index (χ1) is 8.99. The Bertz CT molecular complexity index is 460. The molecule has 102 valence electrons. The summed E-state index contributed by atoms with van der Waals surface area (Å²) in [6.45, 7) is -0.875. The molecular formula is C12H14N2O5. The molecule has 0 radical (unpaired) electrons. The van der Waals surface area contributed by atoms with E-state index in [4.69, 9.17) is 5.11 Å². The van der Waals surface area contributed by atoms with Crippen LogP contribution < -0.4 is 5.32 Å². The topological polar surface area (TPSA) is 110 Å². The highest BCUT2D eigenvalue weighted by molar-refractivity contribution is 5.87. The minimum Gasteiger partial charge on any atom is -0.465 e. The van der Waals surface area contributed by atoms with Gasteiger partial charge in [-0.2, -0.15) is 0 Å². The van der Waals surface area contributed by atoms with Crippen LogP contribution in [0.4, 0.5) is 4.79 Å². The fraction of sp³-hybridized carbons (Fsp3) is 0.333. The standard InChI is InChI=1S/C12H14N2O5/c15-11(8-14(18)19)10(13-12(16)17)7-6-9-4-2-1-3-5-9/h1-5,10,13H,6-8H2,(H,16,17). The van der Waals surface area contributed by atoms with E-state index < -0.39 is 29.4 Å². The maximum Gasteiger partial charge on any atom is 0.405 e. The molecule has 0 heterocycles. The quantitative estimate of drug-likeness (QED) is 0.567. The maximum atomic E-state index is 11.5. The molecule has 1 aromatic carbocycles. The van der Waals surface area contributed by atoms with Crippen molar-refractivity contribution in [3.05, 3.63) is 46.0 Å². The number of nitro groups is 1. The molecule has 0 spiro atoms. The molecule has 0 aliphatic rings. The van der Waals surface area contributed by atoms with E-state index in [0.29, 0.717) is 6.42 Å². The van der Waals surface area contributed by atoms with Gasteiger partial charge in [0.25, 0.3) is 6.54 Å². The lowest BCUT2D eigenvalue weighted by molar-refractivity contribution is -0.467. The zero-order valence-electron chi connectivity index (χ0n) is 10.1. The number of benzene rings is 1. The second-order valence-corrected chi connectivity index (χ2v) is 3.98. The zero-order chi connectivity index (χ0) is 14.3. The zero-order valence-corrected chi connectivity index (χ0v) is 10.1. The first kappa shape index (κ1) is 14.6. The van der Waals surface area contributed by atoms with Gasteiger partial charge in [-0.25, -0.2) is 4.79 Å². The van der Waals surface area contributed by atoms with Crippen molar-refractivity contribution < 1.29 is 19.6 Å². The van der Waals surface area contributed by atoms with Gasteiger partial charge in [0, 0.05) is 4.92 Å². The first-order valence-electron chi connectivity index (χ1n) is 5.67. The van der Waals surface area contributed by atoms with Crippen LogP contribution in [0.5, 0.6) is 0 Å². The molecule has 2 N–H and O–H groups in total. The summed E-state index contributed by atoms with van der Waals surface area (Å²) in [6, 6.07) is 8.13. The van der Waals surface area contributed by atoms with Crippen molar-refractivity contribution in [3.63, 3.8) is 0 Å². The Morgan fingerprint density at radius 2 is 1.95 bits per heavy atom. The molecule has 0 aromatic heterocycles. The number of carbonyl (C=O) groups excluding carboxylic acids is 1. The number of hydrogen-bond acceptors (Lipinski definition) is 4. The van der Waals surface area contributed by atoms with Crippen molar-refractivity contribution in [1.82, 2.24) is 5.32 Å². The number of ketones is 1. The molecule has 0 aliphatic heterocycles. The number of carboxylic acid groups (broad SMARTS) is 1. The Morgan fingerprint density at radius 3 is 2.47 bits per heavy atom. The molecule has 0 saturated heterocycles. The van der Waals surface area contributed by atoms with Crippen molar-refractivity contribution in [3.8, 4) is 0 Å². The molecular weight excluding hydrogens is 252 g/mol. The van der Waals surface area contributed by atoms with Crippen LogP contribution in [0.2, 0.25) is 0 Å². The van der Waals surface area contributed by atoms with Crippen molar-refractivity contribution in [2.45, 2.75) is 18.9 Å². The normalized spacial score (nSPS) is 11.6. The van der Waals surface area contributed by atoms with E-state index in [0.717, 1.165) is 5.56 Å². The van der Waals surface area contributed by atoms with Crippen LogP contribution in [-0.2, 0) is 11.2 Å². The van der Waals surface area contributed by atoms with E-state index in [2.05, 4.69) is 0 Å². The largest absolute Gasteiger partial charge is 0.465 e. The fourth-order valence-electron chi connectivity index (χ4n) is 1.66. The number of rotatable bonds is 7. The van der Waals surface area contributed by atoms with Gasteiger partial charge < -0.3 is 10.4 Å². The van der Waals surface area contributed by atoms with Gasteiger partial charge in [-0.1, -0.05) is 30.3 Å². The van der Waals surface area contributed by atoms with E-state index in [1.165, 1.54) is 0 Å². The highest BCUT2D eigenvalue weighted by Crippen LogP contribution is 2.06. The van der Waals surface area contributed by atoms with Gasteiger partial charge in [-0.05, 0) is 18.4 Å². The summed E-state index contributed by atoms with van der Waals surface area (Å²) in [5.74, 6) is -0.733. The molecule has 1 aromatic rings. The van der Waals surface area contributed by atoms with Gasteiger partial charge in [0.05, 0.1) is 6.04 Å². The number of nitrogens with one attached hydrogen (secondary N) is 1. The van der Waals surface area contributed by atoms with Crippen molar-refractivity contribution in [1.29, 1.82) is 0 Å². The number of carbonyl (C=O) groups is 2. The lowest BCUT2D eigenvalue weighted by atomic mass is 10.0. The fourth-order valence-corrected chi connectivity index (χ4v) is 1.66. The smallest absolute Gasteiger partial charge is 0.405 e. The van der Waals surface area contributed by atoms with Gasteiger partial charge in [0.1, 0.15) is 0 Å². The predicted octanol–water partition coefficient (Wildman–Crippen LogP) is 1.10. The molecule has 19 heavy (non-hydrogen) atoms. The van der Waals surface area contributed by atoms with E-state index in [-0.39, 0.29) is 6.42 Å². The van der Waals surface area contributed by atoms with Crippen LogP contribution in [0.25, 0.3) is 0 Å². The van der Waals surface area contributed by atoms with Gasteiger partial charge in [0.2, 0.25) is 5.78 Å². The van der Waals surface area contributed by atoms with Crippen LogP contribution in [0.1, 0.15) is 12.0 Å². The SMILES string of the molecule is O=C(O)NC(CCc1ccccc1)C(=O)C[N+](=O)[O-]. The highest BCUT2D eigenvalue weighted by Gasteiger charge is 2.24. The van der Waals surface area contributed by atoms with Crippen LogP contribution in [0.3, 0.4) is 0 Å². The minimum absolute atomic E-state index is 0.197. The summed E-state index contributed by atoms with van der Waals surface area (Å²) in [7, 11) is 0. The molecule has 1 rings (SSSR count). The number of amides is 1. The summed E-state index contributed by atoms with van der Waals surface area (Å²) in [5, 5.41) is 20.9. The van der Waals surface area contributed by atoms with Crippen LogP contribution in [-0.4, -0.2) is 34.5 Å². The maximum absolute atomic E-state index is 11.5. The molecule has 0 bridgehead atoms. The van der Waals surface area contributed by atoms with Gasteiger partial charge in [-0.3, -0.25) is 14.9 Å². The second kappa shape index (κ2) is 7.10. The molecule has 1 atom stereocenters. The molecule has 7 heteroatoms. The number of Topliss-reactive ketones (excluding diaryl/α,β-unsaturated/α-hetero) is 1. The molecule has 0 saturated carbocycles. The third-order valence-electron chi connectivity index (χ3n) is 2.54. The molecule has 0 fully saturated rings. The Labute approximate surface area is 109 Å². The third-order valence-corrected chi connectivity index (χ3v) is 2.54. The second-order valence-electron chi connectivity index (χ2n) is 3.98. The van der Waals surface area contributed by atoms with Crippen molar-refractivity contribution in [2.75, 3.05) is 6.54 Å². The lowest BCUT2D eigenvalue weighted by Gasteiger charge is -2.13. The van der Waals surface area contributed by atoms with E-state index in [9.17, 15) is 19.7 Å². The highest BCUT2D eigenvalue weighted by atomic mass is 16.6. The summed E-state index contributed by atoms with van der Waals surface area (Å²) >= 11 is 0. The predicted molar refractivity (Wildman–Crippen MR) is 66.6 cm³/mol. The summed E-state index contributed by atoms with van der Waals surface area (Å²) < 4.78 is 0. The van der Waals surface area contributed by atoms with E-state index in [1.54, 1.807) is 0 Å². The van der Waals surface area contributed by atoms with Crippen molar-refractivity contribution >= 4 is 11.9 Å². The number of nitrogens with zero attached hydrogens (tertiary/aromatic N) is 1. The molecule has 1 unspecified atom stereocenters. The summed E-state index contributed by atoms with van der Waals surface area (Å²) in [4.78, 5) is 31.6. The Kier molecular flexibility index (Phi) is 5.46. The molecule has 0 aliphatic carbocycles. The van der Waals surface area contributed by atoms with Crippen LogP contribution in [0.15, 0.2) is 30.3 Å². The third kappa shape index (κ3) is 5.62. The Balaban J connectivity index is 2.61. The Hall–Kier alpha value is -2.44. The van der Waals surface area contributed by atoms with Crippen LogP contribution >= 0.6 is 0 Å². The first-order valence-corrected chi connectivity index (χ1v) is 5.67. The van der Waals surface area contributed by atoms with Gasteiger partial charge >= 0.3 is 6.09 Å². The van der Waals surface area contributed by atoms with Crippen LogP contribution in [0, 0.1) is 10.1 Å². The van der Waals surface area contributed by atoms with Gasteiger partial charge in [0.15, 0.2) is 0 Å². The monoisotopic (exact) mass is 266 g/mol. The summed E-state index contributed by atoms with van der Waals surface area (Å²) in [6.07, 6.45) is -0.701. The number of aryl methyl sites for hydroxylation is 1. The molecule has 1 amide bonds. The van der Waals surface area contributed by atoms with Gasteiger partial charge in [-0.15, -0.1) is 0 Å². The minimum atomic E-state index is -1.37. The van der Waals surface area contributed by atoms with E-state index in [1.807, 2.05) is 35.6 Å². The van der Waals surface area contributed by atoms with Crippen molar-refractivity contribution in [2.24, 2.45) is 0 Å². The lowest BCUT2D eigenvalue weighted by Crippen LogP contribution is -2.43. The molecule has 7 nitrogen and oxygen atoms in total.